The smallest absolute Gasteiger partial charge is 0.239 e. The normalized spacial score (nSPS) is 11.2. The lowest BCUT2D eigenvalue weighted by Gasteiger charge is -2.25. The van der Waals surface area contributed by atoms with E-state index in [1.165, 1.54) is 0 Å². The van der Waals surface area contributed by atoms with E-state index in [9.17, 15) is 9.59 Å². The van der Waals surface area contributed by atoms with E-state index in [-0.39, 0.29) is 25.0 Å². The monoisotopic (exact) mass is 272 g/mol. The van der Waals surface area contributed by atoms with Crippen molar-refractivity contribution in [3.8, 4) is 0 Å². The van der Waals surface area contributed by atoms with Crippen LogP contribution in [0.25, 0.3) is 0 Å². The molecule has 5 nitrogen and oxygen atoms in total. The second-order valence-electron chi connectivity index (χ2n) is 5.49. The highest BCUT2D eigenvalue weighted by Gasteiger charge is 2.19. The Morgan fingerprint density at radius 3 is 2.37 bits per heavy atom. The van der Waals surface area contributed by atoms with Gasteiger partial charge in [0.25, 0.3) is 0 Å². The summed E-state index contributed by atoms with van der Waals surface area (Å²) >= 11 is 0. The third-order valence-electron chi connectivity index (χ3n) is 2.92. The lowest BCUT2D eigenvalue weighted by Crippen LogP contribution is -2.48. The second kappa shape index (κ2) is 9.78. The fourth-order valence-corrected chi connectivity index (χ4v) is 1.74. The molecule has 0 atom stereocenters. The van der Waals surface area contributed by atoms with Gasteiger partial charge in [0.1, 0.15) is 0 Å². The van der Waals surface area contributed by atoms with Gasteiger partial charge < -0.3 is 15.7 Å². The van der Waals surface area contributed by atoms with Crippen molar-refractivity contribution in [2.75, 3.05) is 13.2 Å². The Hall–Kier alpha value is -1.10. The summed E-state index contributed by atoms with van der Waals surface area (Å²) in [6, 6.07) is 0. The SMILES string of the molecule is CCCCCCC(=O)NCC(=O)NC(C)(C)CCO. The number of nitrogens with one attached hydrogen (secondary N) is 2. The van der Waals surface area contributed by atoms with Gasteiger partial charge in [0.2, 0.25) is 11.8 Å². The Balaban J connectivity index is 3.75. The first-order chi connectivity index (χ1) is 8.91. The van der Waals surface area contributed by atoms with Gasteiger partial charge in [-0.15, -0.1) is 0 Å². The lowest BCUT2D eigenvalue weighted by molar-refractivity contribution is -0.127. The van der Waals surface area contributed by atoms with E-state index in [4.69, 9.17) is 5.11 Å². The average molecular weight is 272 g/mol. The summed E-state index contributed by atoms with van der Waals surface area (Å²) in [5, 5.41) is 14.2. The van der Waals surface area contributed by atoms with E-state index in [0.29, 0.717) is 12.8 Å². The van der Waals surface area contributed by atoms with Gasteiger partial charge >= 0.3 is 0 Å². The molecule has 0 aliphatic rings. The van der Waals surface area contributed by atoms with Crippen molar-refractivity contribution >= 4 is 11.8 Å². The van der Waals surface area contributed by atoms with Crippen LogP contribution in [-0.4, -0.2) is 35.6 Å². The van der Waals surface area contributed by atoms with Crippen molar-refractivity contribution < 1.29 is 14.7 Å². The Morgan fingerprint density at radius 1 is 1.11 bits per heavy atom. The molecule has 0 spiro atoms. The van der Waals surface area contributed by atoms with Crippen LogP contribution in [0.4, 0.5) is 0 Å². The maximum Gasteiger partial charge on any atom is 0.239 e. The fraction of sp³-hybridized carbons (Fsp3) is 0.857. The summed E-state index contributed by atoms with van der Waals surface area (Å²) in [5.74, 6) is -0.299. The molecule has 112 valence electrons. The minimum atomic E-state index is -0.447. The molecule has 0 unspecified atom stereocenters. The minimum absolute atomic E-state index is 0.00146. The molecule has 0 heterocycles. The van der Waals surface area contributed by atoms with Crippen LogP contribution in [0.1, 0.15) is 59.3 Å². The third-order valence-corrected chi connectivity index (χ3v) is 2.92. The Kier molecular flexibility index (Phi) is 9.21. The summed E-state index contributed by atoms with van der Waals surface area (Å²) in [6.45, 7) is 5.83. The zero-order valence-electron chi connectivity index (χ0n) is 12.4. The highest BCUT2D eigenvalue weighted by atomic mass is 16.3. The van der Waals surface area contributed by atoms with Gasteiger partial charge in [0, 0.05) is 18.6 Å². The van der Waals surface area contributed by atoms with Gasteiger partial charge in [0.15, 0.2) is 0 Å². The van der Waals surface area contributed by atoms with Gasteiger partial charge in [-0.25, -0.2) is 0 Å². The molecule has 5 heteroatoms. The van der Waals surface area contributed by atoms with E-state index in [2.05, 4.69) is 17.6 Å². The molecule has 0 aromatic carbocycles. The van der Waals surface area contributed by atoms with E-state index in [0.717, 1.165) is 25.7 Å². The Morgan fingerprint density at radius 2 is 1.79 bits per heavy atom. The number of hydrogen-bond donors (Lipinski definition) is 3. The average Bonchev–Trinajstić information content (AvgIpc) is 2.31. The molecule has 0 aliphatic carbocycles. The van der Waals surface area contributed by atoms with Gasteiger partial charge in [-0.3, -0.25) is 9.59 Å². The van der Waals surface area contributed by atoms with Crippen LogP contribution in [0.5, 0.6) is 0 Å². The molecule has 0 fully saturated rings. The summed E-state index contributed by atoms with van der Waals surface area (Å²) in [4.78, 5) is 23.1. The van der Waals surface area contributed by atoms with Crippen molar-refractivity contribution in [3.05, 3.63) is 0 Å². The lowest BCUT2D eigenvalue weighted by atomic mass is 10.0. The third kappa shape index (κ3) is 10.5. The van der Waals surface area contributed by atoms with Crippen molar-refractivity contribution in [2.24, 2.45) is 0 Å². The second-order valence-corrected chi connectivity index (χ2v) is 5.49. The molecule has 0 aromatic rings. The number of unbranched alkanes of at least 4 members (excludes halogenated alkanes) is 3. The van der Waals surface area contributed by atoms with Crippen molar-refractivity contribution in [3.63, 3.8) is 0 Å². The number of aliphatic hydroxyl groups excluding tert-OH is 1. The molecule has 0 rings (SSSR count). The molecular formula is C14H28N2O3. The van der Waals surface area contributed by atoms with Crippen LogP contribution in [0.3, 0.4) is 0 Å². The number of aliphatic hydroxyl groups is 1. The molecule has 0 saturated carbocycles. The predicted octanol–water partition coefficient (Wildman–Crippen LogP) is 1.35. The minimum Gasteiger partial charge on any atom is -0.396 e. The van der Waals surface area contributed by atoms with Gasteiger partial charge in [-0.05, 0) is 26.7 Å². The van der Waals surface area contributed by atoms with Crippen LogP contribution in [0.2, 0.25) is 0 Å². The number of carbonyl (C=O) groups is 2. The fourth-order valence-electron chi connectivity index (χ4n) is 1.74. The zero-order chi connectivity index (χ0) is 14.7. The van der Waals surface area contributed by atoms with Crippen LogP contribution in [-0.2, 0) is 9.59 Å². The van der Waals surface area contributed by atoms with E-state index < -0.39 is 5.54 Å². The Bertz CT molecular complexity index is 278. The summed E-state index contributed by atoms with van der Waals surface area (Å²) in [7, 11) is 0. The Labute approximate surface area is 116 Å². The molecule has 0 aliphatic heterocycles. The van der Waals surface area contributed by atoms with Crippen LogP contribution in [0, 0.1) is 0 Å². The number of rotatable bonds is 10. The van der Waals surface area contributed by atoms with Gasteiger partial charge in [-0.2, -0.15) is 0 Å². The quantitative estimate of drug-likeness (QED) is 0.525. The zero-order valence-corrected chi connectivity index (χ0v) is 12.4. The maximum atomic E-state index is 11.6. The highest BCUT2D eigenvalue weighted by Crippen LogP contribution is 2.06. The topological polar surface area (TPSA) is 78.4 Å². The predicted molar refractivity (Wildman–Crippen MR) is 75.7 cm³/mol. The van der Waals surface area contributed by atoms with E-state index in [1.807, 2.05) is 13.8 Å². The van der Waals surface area contributed by atoms with E-state index in [1.54, 1.807) is 0 Å². The summed E-state index contributed by atoms with van der Waals surface area (Å²) in [6.07, 6.45) is 5.18. The molecule has 19 heavy (non-hydrogen) atoms. The van der Waals surface area contributed by atoms with Crippen LogP contribution in [0.15, 0.2) is 0 Å². The number of hydrogen-bond acceptors (Lipinski definition) is 3. The van der Waals surface area contributed by atoms with Gasteiger partial charge in [-0.1, -0.05) is 26.2 Å². The molecule has 2 amide bonds. The van der Waals surface area contributed by atoms with Gasteiger partial charge in [0.05, 0.1) is 6.54 Å². The van der Waals surface area contributed by atoms with Crippen molar-refractivity contribution in [1.29, 1.82) is 0 Å². The maximum absolute atomic E-state index is 11.6. The molecule has 0 saturated heterocycles. The standard InChI is InChI=1S/C14H28N2O3/c1-4-5-6-7-8-12(18)15-11-13(19)16-14(2,3)9-10-17/h17H,4-11H2,1-3H3,(H,15,18)(H,16,19). The summed E-state index contributed by atoms with van der Waals surface area (Å²) in [5.41, 5.74) is -0.447. The number of amides is 2. The molecular weight excluding hydrogens is 244 g/mol. The van der Waals surface area contributed by atoms with Crippen molar-refractivity contribution in [2.45, 2.75) is 64.8 Å². The molecule has 0 radical (unpaired) electrons. The first kappa shape index (κ1) is 17.9. The van der Waals surface area contributed by atoms with Crippen LogP contribution < -0.4 is 10.6 Å². The van der Waals surface area contributed by atoms with Crippen molar-refractivity contribution in [1.82, 2.24) is 10.6 Å². The first-order valence-electron chi connectivity index (χ1n) is 7.10. The molecule has 0 aromatic heterocycles. The largest absolute Gasteiger partial charge is 0.396 e. The summed E-state index contributed by atoms with van der Waals surface area (Å²) < 4.78 is 0. The number of carbonyl (C=O) groups excluding carboxylic acids is 2. The first-order valence-corrected chi connectivity index (χ1v) is 7.10. The van der Waals surface area contributed by atoms with E-state index >= 15 is 0 Å². The highest BCUT2D eigenvalue weighted by molar-refractivity contribution is 5.84. The molecule has 0 bridgehead atoms. The molecule has 3 N–H and O–H groups in total. The van der Waals surface area contributed by atoms with Crippen LogP contribution >= 0.6 is 0 Å².